The number of nitrogens with zero attached hydrogens (tertiary/aromatic N) is 2. The van der Waals surface area contributed by atoms with Gasteiger partial charge in [-0.25, -0.2) is 4.98 Å². The van der Waals surface area contributed by atoms with Crippen molar-refractivity contribution in [3.63, 3.8) is 0 Å². The molecule has 2 rings (SSSR count). The standard InChI is InChI=1S/C15H17BrN2O/c1-4-11-5-7-14(19-3)13(9-11)18(2)15-8-6-12(16)10-17-15/h5-10H,4H2,1-3H3. The number of hydrogen-bond donors (Lipinski definition) is 0. The second-order valence-corrected chi connectivity index (χ2v) is 5.17. The summed E-state index contributed by atoms with van der Waals surface area (Å²) in [6.07, 6.45) is 2.79. The number of methoxy groups -OCH3 is 1. The predicted octanol–water partition coefficient (Wildman–Crippen LogP) is 4.18. The van der Waals surface area contributed by atoms with Gasteiger partial charge in [-0.05, 0) is 52.2 Å². The lowest BCUT2D eigenvalue weighted by Gasteiger charge is -2.21. The number of ether oxygens (including phenoxy) is 1. The fourth-order valence-electron chi connectivity index (χ4n) is 1.91. The van der Waals surface area contributed by atoms with E-state index in [0.29, 0.717) is 0 Å². The normalized spacial score (nSPS) is 10.3. The van der Waals surface area contributed by atoms with Gasteiger partial charge in [-0.1, -0.05) is 13.0 Å². The van der Waals surface area contributed by atoms with Gasteiger partial charge in [0.2, 0.25) is 0 Å². The zero-order valence-corrected chi connectivity index (χ0v) is 12.9. The van der Waals surface area contributed by atoms with Gasteiger partial charge >= 0.3 is 0 Å². The van der Waals surface area contributed by atoms with Gasteiger partial charge in [-0.3, -0.25) is 0 Å². The molecule has 3 nitrogen and oxygen atoms in total. The molecule has 1 aromatic carbocycles. The third-order valence-electron chi connectivity index (χ3n) is 3.07. The Morgan fingerprint density at radius 2 is 2.05 bits per heavy atom. The van der Waals surface area contributed by atoms with E-state index in [1.807, 2.05) is 30.1 Å². The first-order valence-electron chi connectivity index (χ1n) is 6.18. The SMILES string of the molecule is CCc1ccc(OC)c(N(C)c2ccc(Br)cn2)c1. The Hall–Kier alpha value is -1.55. The number of anilines is 2. The van der Waals surface area contributed by atoms with Gasteiger partial charge < -0.3 is 9.64 Å². The fourth-order valence-corrected chi connectivity index (χ4v) is 2.14. The van der Waals surface area contributed by atoms with Crippen LogP contribution in [0.25, 0.3) is 0 Å². The fraction of sp³-hybridized carbons (Fsp3) is 0.267. The molecule has 1 heterocycles. The minimum Gasteiger partial charge on any atom is -0.495 e. The Labute approximate surface area is 122 Å². The lowest BCUT2D eigenvalue weighted by Crippen LogP contribution is -2.12. The van der Waals surface area contributed by atoms with Crippen molar-refractivity contribution < 1.29 is 4.74 Å². The smallest absolute Gasteiger partial charge is 0.142 e. The lowest BCUT2D eigenvalue weighted by molar-refractivity contribution is 0.415. The lowest BCUT2D eigenvalue weighted by atomic mass is 10.1. The third kappa shape index (κ3) is 3.07. The maximum Gasteiger partial charge on any atom is 0.142 e. The van der Waals surface area contributed by atoms with E-state index < -0.39 is 0 Å². The minimum atomic E-state index is 0.851. The summed E-state index contributed by atoms with van der Waals surface area (Å²) in [5.41, 5.74) is 2.30. The third-order valence-corrected chi connectivity index (χ3v) is 3.54. The quantitative estimate of drug-likeness (QED) is 0.844. The highest BCUT2D eigenvalue weighted by atomic mass is 79.9. The molecule has 100 valence electrons. The second kappa shape index (κ2) is 6.06. The van der Waals surface area contributed by atoms with Crippen molar-refractivity contribution in [2.45, 2.75) is 13.3 Å². The summed E-state index contributed by atoms with van der Waals surface area (Å²) in [4.78, 5) is 6.44. The molecule has 0 atom stereocenters. The highest BCUT2D eigenvalue weighted by molar-refractivity contribution is 9.10. The molecule has 0 radical (unpaired) electrons. The van der Waals surface area contributed by atoms with Crippen LogP contribution in [0.15, 0.2) is 41.0 Å². The molecule has 0 unspecified atom stereocenters. The van der Waals surface area contributed by atoms with E-state index in [-0.39, 0.29) is 0 Å². The van der Waals surface area contributed by atoms with E-state index in [0.717, 1.165) is 28.1 Å². The van der Waals surface area contributed by atoms with Gasteiger partial charge in [0.15, 0.2) is 0 Å². The van der Waals surface area contributed by atoms with Crippen LogP contribution in [0.2, 0.25) is 0 Å². The summed E-state index contributed by atoms with van der Waals surface area (Å²) in [6.45, 7) is 2.14. The maximum atomic E-state index is 5.43. The van der Waals surface area contributed by atoms with Crippen molar-refractivity contribution in [3.05, 3.63) is 46.6 Å². The second-order valence-electron chi connectivity index (χ2n) is 4.25. The molecule has 0 amide bonds. The van der Waals surface area contributed by atoms with E-state index in [1.165, 1.54) is 5.56 Å². The number of halogens is 1. The molecular formula is C15H17BrN2O. The highest BCUT2D eigenvalue weighted by Gasteiger charge is 2.11. The molecule has 0 aliphatic heterocycles. The Morgan fingerprint density at radius 1 is 1.26 bits per heavy atom. The van der Waals surface area contributed by atoms with Crippen molar-refractivity contribution in [1.82, 2.24) is 4.98 Å². The first-order chi connectivity index (χ1) is 9.15. The summed E-state index contributed by atoms with van der Waals surface area (Å²) < 4.78 is 6.40. The Morgan fingerprint density at radius 3 is 2.63 bits per heavy atom. The zero-order valence-electron chi connectivity index (χ0n) is 11.4. The molecule has 0 bridgehead atoms. The summed E-state index contributed by atoms with van der Waals surface area (Å²) in [5.74, 6) is 1.74. The topological polar surface area (TPSA) is 25.4 Å². The number of hydrogen-bond acceptors (Lipinski definition) is 3. The molecule has 0 saturated carbocycles. The van der Waals surface area contributed by atoms with Gasteiger partial charge in [0, 0.05) is 17.7 Å². The van der Waals surface area contributed by atoms with Crippen molar-refractivity contribution in [1.29, 1.82) is 0 Å². The molecule has 0 aliphatic rings. The van der Waals surface area contributed by atoms with E-state index in [9.17, 15) is 0 Å². The summed E-state index contributed by atoms with van der Waals surface area (Å²) in [6, 6.07) is 10.2. The van der Waals surface area contributed by atoms with E-state index in [4.69, 9.17) is 4.74 Å². The molecule has 0 saturated heterocycles. The van der Waals surface area contributed by atoms with Crippen LogP contribution >= 0.6 is 15.9 Å². The van der Waals surface area contributed by atoms with Crippen LogP contribution in [0, 0.1) is 0 Å². The molecule has 0 fully saturated rings. The van der Waals surface area contributed by atoms with Crippen LogP contribution in [0.5, 0.6) is 5.75 Å². The average Bonchev–Trinajstić information content (AvgIpc) is 2.46. The Bertz CT molecular complexity index is 555. The molecule has 2 aromatic rings. The van der Waals surface area contributed by atoms with Crippen molar-refractivity contribution in [2.75, 3.05) is 19.1 Å². The molecule has 0 spiro atoms. The van der Waals surface area contributed by atoms with Gasteiger partial charge in [0.1, 0.15) is 11.6 Å². The summed E-state index contributed by atoms with van der Waals surface area (Å²) >= 11 is 3.40. The number of benzene rings is 1. The van der Waals surface area contributed by atoms with Crippen LogP contribution in [0.3, 0.4) is 0 Å². The number of aromatic nitrogens is 1. The minimum absolute atomic E-state index is 0.851. The number of rotatable bonds is 4. The molecule has 0 N–H and O–H groups in total. The summed E-state index contributed by atoms with van der Waals surface area (Å²) in [5, 5.41) is 0. The zero-order chi connectivity index (χ0) is 13.8. The molecule has 19 heavy (non-hydrogen) atoms. The molecule has 0 aliphatic carbocycles. The van der Waals surface area contributed by atoms with E-state index in [2.05, 4.69) is 40.0 Å². The van der Waals surface area contributed by atoms with Crippen LogP contribution in [-0.2, 0) is 6.42 Å². The van der Waals surface area contributed by atoms with Gasteiger partial charge in [0.05, 0.1) is 12.8 Å². The van der Waals surface area contributed by atoms with Gasteiger partial charge in [-0.2, -0.15) is 0 Å². The Balaban J connectivity index is 2.41. The maximum absolute atomic E-state index is 5.43. The summed E-state index contributed by atoms with van der Waals surface area (Å²) in [7, 11) is 3.68. The largest absolute Gasteiger partial charge is 0.495 e. The van der Waals surface area contributed by atoms with Gasteiger partial charge in [-0.15, -0.1) is 0 Å². The average molecular weight is 321 g/mol. The predicted molar refractivity (Wildman–Crippen MR) is 82.4 cm³/mol. The van der Waals surface area contributed by atoms with Gasteiger partial charge in [0.25, 0.3) is 0 Å². The van der Waals surface area contributed by atoms with Crippen molar-refractivity contribution >= 4 is 27.4 Å². The van der Waals surface area contributed by atoms with E-state index >= 15 is 0 Å². The highest BCUT2D eigenvalue weighted by Crippen LogP contribution is 2.32. The van der Waals surface area contributed by atoms with Crippen LogP contribution in [0.4, 0.5) is 11.5 Å². The molecule has 4 heteroatoms. The first-order valence-corrected chi connectivity index (χ1v) is 6.97. The van der Waals surface area contributed by atoms with E-state index in [1.54, 1.807) is 13.3 Å². The number of aryl methyl sites for hydroxylation is 1. The Kier molecular flexibility index (Phi) is 4.43. The monoisotopic (exact) mass is 320 g/mol. The molecule has 1 aromatic heterocycles. The first kappa shape index (κ1) is 13.9. The van der Waals surface area contributed by atoms with Crippen LogP contribution in [-0.4, -0.2) is 19.1 Å². The molecular weight excluding hydrogens is 304 g/mol. The van der Waals surface area contributed by atoms with Crippen molar-refractivity contribution in [2.24, 2.45) is 0 Å². The van der Waals surface area contributed by atoms with Crippen LogP contribution in [0.1, 0.15) is 12.5 Å². The van der Waals surface area contributed by atoms with Crippen molar-refractivity contribution in [3.8, 4) is 5.75 Å². The number of pyridine rings is 1. The van der Waals surface area contributed by atoms with Crippen LogP contribution < -0.4 is 9.64 Å².